The Hall–Kier alpha value is -3.98. The van der Waals surface area contributed by atoms with E-state index in [0.29, 0.717) is 40.3 Å². The molecular weight excluding hydrogens is 436 g/mol. The van der Waals surface area contributed by atoms with Gasteiger partial charge in [-0.15, -0.1) is 0 Å². The number of hydrogen-bond acceptors (Lipinski definition) is 5. The number of para-hydroxylation sites is 2. The summed E-state index contributed by atoms with van der Waals surface area (Å²) in [5.41, 5.74) is 16.1. The summed E-state index contributed by atoms with van der Waals surface area (Å²) in [5.74, 6) is -0.143. The minimum absolute atomic E-state index is 0.0854. The summed E-state index contributed by atoms with van der Waals surface area (Å²) >= 11 is 1.29. The lowest BCUT2D eigenvalue weighted by Crippen LogP contribution is -2.22. The highest BCUT2D eigenvalue weighted by Gasteiger charge is 2.35. The van der Waals surface area contributed by atoms with Gasteiger partial charge in [0.2, 0.25) is 0 Å². The molecule has 1 aliphatic heterocycles. The number of nitrogens with two attached hydrogens (primary N) is 2. The maximum atomic E-state index is 13.0. The van der Waals surface area contributed by atoms with Crippen LogP contribution >= 0.6 is 11.8 Å². The van der Waals surface area contributed by atoms with Crippen molar-refractivity contribution < 1.29 is 9.59 Å². The largest absolute Gasteiger partial charge is 0.397 e. The molecule has 2 aromatic heterocycles. The number of aryl methyl sites for hydroxylation is 1. The van der Waals surface area contributed by atoms with Crippen molar-refractivity contribution in [2.24, 2.45) is 5.73 Å². The van der Waals surface area contributed by atoms with Crippen LogP contribution in [0.25, 0.3) is 33.0 Å². The van der Waals surface area contributed by atoms with Crippen LogP contribution in [0, 0.1) is 5.41 Å². The average molecular weight is 459 g/mol. The van der Waals surface area contributed by atoms with Crippen LogP contribution in [-0.2, 0) is 16.1 Å². The van der Waals surface area contributed by atoms with E-state index >= 15 is 0 Å². The number of nitrogen functional groups attached to an aromatic ring is 1. The third-order valence-corrected chi connectivity index (χ3v) is 6.59. The summed E-state index contributed by atoms with van der Waals surface area (Å²) < 4.78 is 2.01. The zero-order chi connectivity index (χ0) is 23.1. The van der Waals surface area contributed by atoms with Crippen molar-refractivity contribution in [3.8, 4) is 0 Å². The number of aromatic nitrogens is 2. The van der Waals surface area contributed by atoms with Gasteiger partial charge in [-0.2, -0.15) is 0 Å². The van der Waals surface area contributed by atoms with Crippen molar-refractivity contribution in [3.63, 3.8) is 0 Å². The Morgan fingerprint density at radius 3 is 2.52 bits per heavy atom. The highest BCUT2D eigenvalue weighted by Crippen LogP contribution is 2.39. The summed E-state index contributed by atoms with van der Waals surface area (Å²) in [4.78, 5) is 29.1. The molecule has 2 amide bonds. The van der Waals surface area contributed by atoms with Crippen LogP contribution in [0.4, 0.5) is 5.69 Å². The Labute approximate surface area is 193 Å². The number of imide groups is 1. The van der Waals surface area contributed by atoms with Crippen LogP contribution in [0.3, 0.4) is 0 Å². The number of amides is 2. The number of carbonyl (C=O) groups excluding carboxylic acids is 2. The number of nitrogens with one attached hydrogen (secondary N) is 3. The van der Waals surface area contributed by atoms with Crippen LogP contribution < -0.4 is 16.8 Å². The zero-order valence-corrected chi connectivity index (χ0v) is 18.5. The van der Waals surface area contributed by atoms with Gasteiger partial charge in [0.25, 0.3) is 11.8 Å². The van der Waals surface area contributed by atoms with Crippen LogP contribution in [-0.4, -0.2) is 32.3 Å². The molecule has 166 valence electrons. The summed E-state index contributed by atoms with van der Waals surface area (Å²) in [6, 6.07) is 13.3. The van der Waals surface area contributed by atoms with Crippen LogP contribution in [0.1, 0.15) is 17.5 Å². The van der Waals surface area contributed by atoms with E-state index in [4.69, 9.17) is 16.9 Å². The van der Waals surface area contributed by atoms with E-state index in [0.717, 1.165) is 28.2 Å². The molecule has 9 heteroatoms. The molecular formula is C24H22N6O2S. The number of rotatable bonds is 6. The van der Waals surface area contributed by atoms with E-state index in [-0.39, 0.29) is 5.17 Å². The molecule has 0 spiro atoms. The number of nitrogens with zero attached hydrogens (tertiary/aromatic N) is 1. The van der Waals surface area contributed by atoms with Crippen molar-refractivity contribution in [2.75, 3.05) is 11.5 Å². The molecule has 7 N–H and O–H groups in total. The third-order valence-electron chi connectivity index (χ3n) is 5.79. The van der Waals surface area contributed by atoms with Gasteiger partial charge in [-0.25, -0.2) is 0 Å². The highest BCUT2D eigenvalue weighted by molar-refractivity contribution is 8.13. The Balaban J connectivity index is 1.68. The molecule has 33 heavy (non-hydrogen) atoms. The molecule has 8 nitrogen and oxygen atoms in total. The maximum absolute atomic E-state index is 13.0. The fourth-order valence-electron chi connectivity index (χ4n) is 4.43. The normalized spacial score (nSPS) is 13.9. The predicted molar refractivity (Wildman–Crippen MR) is 134 cm³/mol. The summed E-state index contributed by atoms with van der Waals surface area (Å²) in [5, 5.41) is 11.6. The smallest absolute Gasteiger partial charge is 0.259 e. The van der Waals surface area contributed by atoms with Gasteiger partial charge in [-0.3, -0.25) is 20.3 Å². The van der Waals surface area contributed by atoms with Gasteiger partial charge in [0, 0.05) is 52.1 Å². The van der Waals surface area contributed by atoms with Gasteiger partial charge in [0.05, 0.1) is 22.4 Å². The summed E-state index contributed by atoms with van der Waals surface area (Å²) in [7, 11) is 0. The topological polar surface area (TPSA) is 143 Å². The van der Waals surface area contributed by atoms with Crippen molar-refractivity contribution in [1.29, 1.82) is 5.41 Å². The molecule has 3 heterocycles. The second-order valence-electron chi connectivity index (χ2n) is 7.83. The molecule has 4 aromatic rings. The number of H-pyrrole nitrogens is 1. The standard InChI is InChI=1S/C24H22N6O2S/c25-17-7-3-6-14-16(12-30(21(14)17)9-4-10-33-24(26)27)20-19(22(31)29-23(20)32)15-11-28-18-8-2-1-5-13(15)18/h1-3,5-8,11-12,28H,4,9-10,25H2,(H3,26,27)(H,29,31,32). The van der Waals surface area contributed by atoms with Crippen molar-refractivity contribution in [2.45, 2.75) is 13.0 Å². The van der Waals surface area contributed by atoms with Gasteiger partial charge in [-0.05, 0) is 18.6 Å². The Kier molecular flexibility index (Phi) is 5.18. The van der Waals surface area contributed by atoms with E-state index in [2.05, 4.69) is 10.3 Å². The SMILES string of the molecule is N=C(N)SCCCn1cc(C2=C(c3c[nH]c4ccccc34)C(=O)NC2=O)c2cccc(N)c21. The van der Waals surface area contributed by atoms with Crippen LogP contribution in [0.5, 0.6) is 0 Å². The van der Waals surface area contributed by atoms with E-state index in [1.165, 1.54) is 11.8 Å². The monoisotopic (exact) mass is 458 g/mol. The highest BCUT2D eigenvalue weighted by atomic mass is 32.2. The average Bonchev–Trinajstić information content (AvgIpc) is 3.44. The number of fused-ring (bicyclic) bond motifs is 2. The minimum atomic E-state index is -0.422. The summed E-state index contributed by atoms with van der Waals surface area (Å²) in [6.07, 6.45) is 4.42. The Morgan fingerprint density at radius 2 is 1.73 bits per heavy atom. The van der Waals surface area contributed by atoms with E-state index in [9.17, 15) is 9.59 Å². The van der Waals surface area contributed by atoms with Crippen molar-refractivity contribution in [3.05, 3.63) is 66.0 Å². The Morgan fingerprint density at radius 1 is 1.00 bits per heavy atom. The van der Waals surface area contributed by atoms with Crippen molar-refractivity contribution >= 4 is 67.4 Å². The fourth-order valence-corrected chi connectivity index (χ4v) is 4.92. The first-order chi connectivity index (χ1) is 16.0. The van der Waals surface area contributed by atoms with Gasteiger partial charge in [0.1, 0.15) is 0 Å². The number of thioether (sulfide) groups is 1. The quantitative estimate of drug-likeness (QED) is 0.0990. The second-order valence-corrected chi connectivity index (χ2v) is 8.96. The van der Waals surface area contributed by atoms with Gasteiger partial charge in [0.15, 0.2) is 5.17 Å². The minimum Gasteiger partial charge on any atom is -0.397 e. The molecule has 0 fully saturated rings. The number of aromatic amines is 1. The molecule has 2 aromatic carbocycles. The van der Waals surface area contributed by atoms with Gasteiger partial charge in [-0.1, -0.05) is 42.1 Å². The lowest BCUT2D eigenvalue weighted by molar-refractivity contribution is -0.122. The first kappa shape index (κ1) is 20.9. The summed E-state index contributed by atoms with van der Waals surface area (Å²) in [6.45, 7) is 0.635. The number of benzene rings is 2. The van der Waals surface area contributed by atoms with Crippen LogP contribution in [0.15, 0.2) is 54.9 Å². The van der Waals surface area contributed by atoms with E-state index < -0.39 is 11.8 Å². The number of carbonyl (C=O) groups is 2. The molecule has 0 unspecified atom stereocenters. The molecule has 0 aliphatic carbocycles. The predicted octanol–water partition coefficient (Wildman–Crippen LogP) is 3.29. The Bertz CT molecular complexity index is 1480. The molecule has 5 rings (SSSR count). The third kappa shape index (κ3) is 3.56. The van der Waals surface area contributed by atoms with E-state index in [1.54, 1.807) is 6.20 Å². The number of hydrogen-bond donors (Lipinski definition) is 5. The lowest BCUT2D eigenvalue weighted by atomic mass is 9.95. The first-order valence-electron chi connectivity index (χ1n) is 10.5. The molecule has 0 saturated carbocycles. The maximum Gasteiger partial charge on any atom is 0.259 e. The fraction of sp³-hybridized carbons (Fsp3) is 0.125. The molecule has 1 aliphatic rings. The number of amidine groups is 1. The molecule has 0 atom stereocenters. The first-order valence-corrected chi connectivity index (χ1v) is 11.4. The molecule has 0 bridgehead atoms. The van der Waals surface area contributed by atoms with Crippen molar-refractivity contribution in [1.82, 2.24) is 14.9 Å². The van der Waals surface area contributed by atoms with Gasteiger partial charge < -0.3 is 21.0 Å². The second kappa shape index (κ2) is 8.18. The number of anilines is 1. The van der Waals surface area contributed by atoms with E-state index in [1.807, 2.05) is 53.2 Å². The zero-order valence-electron chi connectivity index (χ0n) is 17.6. The molecule has 0 radical (unpaired) electrons. The molecule has 0 saturated heterocycles. The van der Waals surface area contributed by atoms with Gasteiger partial charge >= 0.3 is 0 Å². The lowest BCUT2D eigenvalue weighted by Gasteiger charge is -2.06. The van der Waals surface area contributed by atoms with Crippen LogP contribution in [0.2, 0.25) is 0 Å².